The third kappa shape index (κ3) is 7.60. The molecular formula is C22H28O4. The van der Waals surface area contributed by atoms with E-state index in [9.17, 15) is 4.79 Å². The third-order valence-electron chi connectivity index (χ3n) is 3.94. The minimum absolute atomic E-state index is 0.212. The minimum atomic E-state index is -0.354. The van der Waals surface area contributed by atoms with Crippen molar-refractivity contribution in [3.8, 4) is 11.5 Å². The molecule has 0 aliphatic carbocycles. The van der Waals surface area contributed by atoms with Crippen molar-refractivity contribution in [1.82, 2.24) is 0 Å². The van der Waals surface area contributed by atoms with Crippen molar-refractivity contribution in [2.75, 3.05) is 19.8 Å². The fraction of sp³-hybridized carbons (Fsp3) is 0.409. The number of carbonyl (C=O) groups is 1. The second-order valence-corrected chi connectivity index (χ2v) is 6.08. The van der Waals surface area contributed by atoms with Crippen molar-refractivity contribution in [1.29, 1.82) is 0 Å². The molecule has 4 heteroatoms. The number of para-hydroxylation sites is 1. The lowest BCUT2D eigenvalue weighted by molar-refractivity contribution is 0.0450. The van der Waals surface area contributed by atoms with Gasteiger partial charge < -0.3 is 14.2 Å². The van der Waals surface area contributed by atoms with Gasteiger partial charge in [0.25, 0.3) is 0 Å². The number of benzene rings is 2. The molecule has 4 nitrogen and oxygen atoms in total. The quantitative estimate of drug-likeness (QED) is 0.384. The first-order valence-electron chi connectivity index (χ1n) is 9.37. The second kappa shape index (κ2) is 12.0. The lowest BCUT2D eigenvalue weighted by Crippen LogP contribution is -2.12. The standard InChI is InChI=1S/C22H28O4/c1-2-3-4-5-9-16-24-21-14-12-19(13-15-21)22(23)26-18-17-25-20-10-7-6-8-11-20/h6-8,10-15H,2-5,9,16-18H2,1H3. The Bertz CT molecular complexity index is 622. The van der Waals surface area contributed by atoms with Crippen LogP contribution in [0.4, 0.5) is 0 Å². The number of ether oxygens (including phenoxy) is 3. The molecule has 0 aliphatic rings. The molecule has 0 spiro atoms. The smallest absolute Gasteiger partial charge is 0.338 e. The van der Waals surface area contributed by atoms with Crippen LogP contribution in [0.3, 0.4) is 0 Å². The zero-order chi connectivity index (χ0) is 18.5. The summed E-state index contributed by atoms with van der Waals surface area (Å²) >= 11 is 0. The predicted molar refractivity (Wildman–Crippen MR) is 103 cm³/mol. The Hall–Kier alpha value is -2.49. The van der Waals surface area contributed by atoms with E-state index >= 15 is 0 Å². The van der Waals surface area contributed by atoms with Gasteiger partial charge >= 0.3 is 5.97 Å². The molecule has 0 heterocycles. The van der Waals surface area contributed by atoms with Gasteiger partial charge in [-0.05, 0) is 42.8 Å². The van der Waals surface area contributed by atoms with Crippen LogP contribution in [-0.2, 0) is 4.74 Å². The maximum Gasteiger partial charge on any atom is 0.338 e. The van der Waals surface area contributed by atoms with Crippen molar-refractivity contribution >= 4 is 5.97 Å². The molecule has 0 unspecified atom stereocenters. The summed E-state index contributed by atoms with van der Waals surface area (Å²) in [6.45, 7) is 3.46. The largest absolute Gasteiger partial charge is 0.494 e. The molecule has 2 rings (SSSR count). The Kier molecular flexibility index (Phi) is 9.12. The fourth-order valence-electron chi connectivity index (χ4n) is 2.48. The van der Waals surface area contributed by atoms with Gasteiger partial charge in [0.05, 0.1) is 12.2 Å². The molecule has 0 N–H and O–H groups in total. The topological polar surface area (TPSA) is 44.8 Å². The number of hydrogen-bond donors (Lipinski definition) is 0. The molecule has 0 aromatic heterocycles. The molecule has 0 atom stereocenters. The average molecular weight is 356 g/mol. The summed E-state index contributed by atoms with van der Waals surface area (Å²) in [5.41, 5.74) is 0.514. The summed E-state index contributed by atoms with van der Waals surface area (Å²) < 4.78 is 16.4. The van der Waals surface area contributed by atoms with Crippen LogP contribution < -0.4 is 9.47 Å². The summed E-state index contributed by atoms with van der Waals surface area (Å²) in [4.78, 5) is 12.0. The van der Waals surface area contributed by atoms with E-state index in [-0.39, 0.29) is 12.6 Å². The summed E-state index contributed by atoms with van der Waals surface area (Å²) in [7, 11) is 0. The van der Waals surface area contributed by atoms with E-state index in [2.05, 4.69) is 6.92 Å². The van der Waals surface area contributed by atoms with Crippen molar-refractivity contribution < 1.29 is 19.0 Å². The number of esters is 1. The van der Waals surface area contributed by atoms with Crippen LogP contribution in [0.2, 0.25) is 0 Å². The summed E-state index contributed by atoms with van der Waals surface area (Å²) in [5, 5.41) is 0. The highest BCUT2D eigenvalue weighted by Gasteiger charge is 2.07. The molecule has 2 aromatic rings. The van der Waals surface area contributed by atoms with E-state index in [0.717, 1.165) is 17.9 Å². The molecule has 26 heavy (non-hydrogen) atoms. The van der Waals surface area contributed by atoms with E-state index in [4.69, 9.17) is 14.2 Å². The Morgan fingerprint density at radius 3 is 2.12 bits per heavy atom. The zero-order valence-electron chi connectivity index (χ0n) is 15.5. The Balaban J connectivity index is 1.63. The first-order valence-corrected chi connectivity index (χ1v) is 9.37. The van der Waals surface area contributed by atoms with Crippen LogP contribution >= 0.6 is 0 Å². The van der Waals surface area contributed by atoms with Crippen LogP contribution in [0, 0.1) is 0 Å². The molecule has 0 saturated heterocycles. The van der Waals surface area contributed by atoms with Crippen molar-refractivity contribution in [2.45, 2.75) is 39.0 Å². The lowest BCUT2D eigenvalue weighted by atomic mass is 10.2. The first kappa shape index (κ1) is 19.8. The van der Waals surface area contributed by atoms with Gasteiger partial charge in [0, 0.05) is 0 Å². The van der Waals surface area contributed by atoms with Gasteiger partial charge in [-0.1, -0.05) is 50.8 Å². The third-order valence-corrected chi connectivity index (χ3v) is 3.94. The van der Waals surface area contributed by atoms with Crippen LogP contribution in [0.5, 0.6) is 11.5 Å². The van der Waals surface area contributed by atoms with E-state index in [0.29, 0.717) is 18.8 Å². The van der Waals surface area contributed by atoms with Gasteiger partial charge in [-0.15, -0.1) is 0 Å². The van der Waals surface area contributed by atoms with Crippen molar-refractivity contribution in [3.63, 3.8) is 0 Å². The van der Waals surface area contributed by atoms with Crippen LogP contribution in [0.1, 0.15) is 49.4 Å². The Morgan fingerprint density at radius 1 is 0.731 bits per heavy atom. The predicted octanol–water partition coefficient (Wildman–Crippen LogP) is 5.27. The monoisotopic (exact) mass is 356 g/mol. The summed E-state index contributed by atoms with van der Waals surface area (Å²) in [5.74, 6) is 1.19. The maximum atomic E-state index is 12.0. The van der Waals surface area contributed by atoms with Gasteiger partial charge in [0.1, 0.15) is 24.7 Å². The number of rotatable bonds is 12. The molecule has 2 aromatic carbocycles. The van der Waals surface area contributed by atoms with E-state index < -0.39 is 0 Å². The molecule has 0 fully saturated rings. The molecule has 140 valence electrons. The van der Waals surface area contributed by atoms with E-state index in [1.54, 1.807) is 12.1 Å². The average Bonchev–Trinajstić information content (AvgIpc) is 2.69. The maximum absolute atomic E-state index is 12.0. The highest BCUT2D eigenvalue weighted by molar-refractivity contribution is 5.89. The molecule has 0 bridgehead atoms. The first-order chi connectivity index (χ1) is 12.8. The Morgan fingerprint density at radius 2 is 1.38 bits per heavy atom. The van der Waals surface area contributed by atoms with Crippen LogP contribution in [0.25, 0.3) is 0 Å². The van der Waals surface area contributed by atoms with Gasteiger partial charge in [0.2, 0.25) is 0 Å². The SMILES string of the molecule is CCCCCCCOc1ccc(C(=O)OCCOc2ccccc2)cc1. The lowest BCUT2D eigenvalue weighted by Gasteiger charge is -2.08. The zero-order valence-corrected chi connectivity index (χ0v) is 15.5. The number of hydrogen-bond acceptors (Lipinski definition) is 4. The van der Waals surface area contributed by atoms with E-state index in [1.807, 2.05) is 42.5 Å². The Labute approximate surface area is 156 Å². The molecule has 0 aliphatic heterocycles. The summed E-state index contributed by atoms with van der Waals surface area (Å²) in [6, 6.07) is 16.5. The second-order valence-electron chi connectivity index (χ2n) is 6.08. The van der Waals surface area contributed by atoms with Crippen LogP contribution in [-0.4, -0.2) is 25.8 Å². The summed E-state index contributed by atoms with van der Waals surface area (Å²) in [6.07, 6.45) is 6.05. The number of unbranched alkanes of at least 4 members (excludes halogenated alkanes) is 4. The van der Waals surface area contributed by atoms with Gasteiger partial charge in [0.15, 0.2) is 0 Å². The fourth-order valence-corrected chi connectivity index (χ4v) is 2.48. The van der Waals surface area contributed by atoms with E-state index in [1.165, 1.54) is 25.7 Å². The minimum Gasteiger partial charge on any atom is -0.494 e. The molecule has 0 saturated carbocycles. The normalized spacial score (nSPS) is 10.3. The highest BCUT2D eigenvalue weighted by atomic mass is 16.6. The molecular weight excluding hydrogens is 328 g/mol. The van der Waals surface area contributed by atoms with Gasteiger partial charge in [-0.25, -0.2) is 4.79 Å². The van der Waals surface area contributed by atoms with Crippen molar-refractivity contribution in [2.24, 2.45) is 0 Å². The molecule has 0 radical (unpaired) electrons. The molecule has 0 amide bonds. The van der Waals surface area contributed by atoms with Gasteiger partial charge in [-0.3, -0.25) is 0 Å². The van der Waals surface area contributed by atoms with Crippen molar-refractivity contribution in [3.05, 3.63) is 60.2 Å². The number of carbonyl (C=O) groups excluding carboxylic acids is 1. The van der Waals surface area contributed by atoms with Gasteiger partial charge in [-0.2, -0.15) is 0 Å². The van der Waals surface area contributed by atoms with Crippen LogP contribution in [0.15, 0.2) is 54.6 Å². The highest BCUT2D eigenvalue weighted by Crippen LogP contribution is 2.14.